The first-order chi connectivity index (χ1) is 13.7. The molecule has 0 saturated carbocycles. The number of benzene rings is 1. The van der Waals surface area contributed by atoms with Crippen LogP contribution < -0.4 is 10.1 Å². The van der Waals surface area contributed by atoms with Gasteiger partial charge in [0.2, 0.25) is 5.91 Å². The van der Waals surface area contributed by atoms with Gasteiger partial charge in [-0.05, 0) is 42.4 Å². The van der Waals surface area contributed by atoms with E-state index in [1.165, 1.54) is 5.56 Å². The van der Waals surface area contributed by atoms with Crippen molar-refractivity contribution in [1.29, 1.82) is 0 Å². The van der Waals surface area contributed by atoms with Gasteiger partial charge in [0.1, 0.15) is 5.75 Å². The number of hydrogen-bond acceptors (Lipinski definition) is 4. The third kappa shape index (κ3) is 3.92. The highest BCUT2D eigenvalue weighted by molar-refractivity contribution is 5.80. The van der Waals surface area contributed by atoms with E-state index in [2.05, 4.69) is 27.4 Å². The smallest absolute Gasteiger partial charge is 0.227 e. The summed E-state index contributed by atoms with van der Waals surface area (Å²) < 4.78 is 7.31. The number of aromatic nitrogens is 2. The molecule has 6 nitrogen and oxygen atoms in total. The van der Waals surface area contributed by atoms with Crippen LogP contribution in [0.3, 0.4) is 0 Å². The van der Waals surface area contributed by atoms with E-state index in [1.54, 1.807) is 7.11 Å². The van der Waals surface area contributed by atoms with Crippen LogP contribution >= 0.6 is 0 Å². The molecule has 0 spiro atoms. The SMILES string of the molecule is COc1ccccc1CC1CCN(C(=O)[C@H]2CNC[C@@H]2c2cnn(C)c2)CC1. The number of nitrogens with zero attached hydrogens (tertiary/aromatic N) is 3. The van der Waals surface area contributed by atoms with E-state index in [0.29, 0.717) is 11.8 Å². The fourth-order valence-electron chi connectivity index (χ4n) is 4.69. The molecule has 1 aromatic carbocycles. The number of methoxy groups -OCH3 is 1. The van der Waals surface area contributed by atoms with E-state index in [9.17, 15) is 4.79 Å². The highest BCUT2D eigenvalue weighted by Crippen LogP contribution is 2.32. The minimum atomic E-state index is 0.0231. The molecular formula is C22H30N4O2. The van der Waals surface area contributed by atoms with Gasteiger partial charge < -0.3 is 15.0 Å². The Bertz CT molecular complexity index is 810. The van der Waals surface area contributed by atoms with E-state index in [0.717, 1.165) is 56.8 Å². The number of para-hydroxylation sites is 1. The second-order valence-electron chi connectivity index (χ2n) is 8.10. The second-order valence-corrected chi connectivity index (χ2v) is 8.10. The number of piperidine rings is 1. The summed E-state index contributed by atoms with van der Waals surface area (Å²) in [6.45, 7) is 3.33. The van der Waals surface area contributed by atoms with Crippen LogP contribution in [0.1, 0.15) is 29.9 Å². The molecule has 2 aliphatic heterocycles. The van der Waals surface area contributed by atoms with Crippen LogP contribution in [0.5, 0.6) is 5.75 Å². The third-order valence-electron chi connectivity index (χ3n) is 6.31. The van der Waals surface area contributed by atoms with Crippen molar-refractivity contribution in [2.24, 2.45) is 18.9 Å². The van der Waals surface area contributed by atoms with Crippen molar-refractivity contribution in [2.45, 2.75) is 25.2 Å². The van der Waals surface area contributed by atoms with E-state index < -0.39 is 0 Å². The standard InChI is InChI=1S/C22H30N4O2/c1-25-15-18(12-24-25)19-13-23-14-20(19)22(27)26-9-7-16(8-10-26)11-17-5-3-4-6-21(17)28-2/h3-6,12,15-16,19-20,23H,7-11,13-14H2,1-2H3/t19-,20+/m1/s1. The first kappa shape index (κ1) is 19.0. The van der Waals surface area contributed by atoms with Crippen LogP contribution in [0.2, 0.25) is 0 Å². The summed E-state index contributed by atoms with van der Waals surface area (Å²) >= 11 is 0. The van der Waals surface area contributed by atoms with Gasteiger partial charge in [-0.15, -0.1) is 0 Å². The fourth-order valence-corrected chi connectivity index (χ4v) is 4.69. The molecule has 4 rings (SSSR count). The summed E-state index contributed by atoms with van der Waals surface area (Å²) in [6.07, 6.45) is 7.08. The lowest BCUT2D eigenvalue weighted by atomic mass is 9.87. The van der Waals surface area contributed by atoms with Gasteiger partial charge in [0, 0.05) is 45.3 Å². The largest absolute Gasteiger partial charge is 0.496 e. The molecule has 150 valence electrons. The van der Waals surface area contributed by atoms with Crippen molar-refractivity contribution in [3.8, 4) is 5.75 Å². The van der Waals surface area contributed by atoms with E-state index in [-0.39, 0.29) is 11.8 Å². The molecule has 1 aromatic heterocycles. The molecule has 2 saturated heterocycles. The topological polar surface area (TPSA) is 59.4 Å². The Labute approximate surface area is 166 Å². The molecular weight excluding hydrogens is 352 g/mol. The van der Waals surface area contributed by atoms with Crippen molar-refractivity contribution in [3.63, 3.8) is 0 Å². The van der Waals surface area contributed by atoms with Crippen molar-refractivity contribution in [2.75, 3.05) is 33.3 Å². The molecule has 0 unspecified atom stereocenters. The molecule has 1 amide bonds. The number of rotatable bonds is 5. The maximum Gasteiger partial charge on any atom is 0.227 e. The van der Waals surface area contributed by atoms with E-state index in [4.69, 9.17) is 4.74 Å². The van der Waals surface area contributed by atoms with Crippen molar-refractivity contribution >= 4 is 5.91 Å². The fraction of sp³-hybridized carbons (Fsp3) is 0.545. The molecule has 2 fully saturated rings. The number of ether oxygens (including phenoxy) is 1. The number of likely N-dealkylation sites (tertiary alicyclic amines) is 1. The molecule has 28 heavy (non-hydrogen) atoms. The summed E-state index contributed by atoms with van der Waals surface area (Å²) in [5.41, 5.74) is 2.43. The van der Waals surface area contributed by atoms with Gasteiger partial charge in [0.15, 0.2) is 0 Å². The number of carbonyl (C=O) groups excluding carboxylic acids is 1. The van der Waals surface area contributed by atoms with Crippen molar-refractivity contribution < 1.29 is 9.53 Å². The number of hydrogen-bond donors (Lipinski definition) is 1. The monoisotopic (exact) mass is 382 g/mol. The third-order valence-corrected chi connectivity index (χ3v) is 6.31. The predicted molar refractivity (Wildman–Crippen MR) is 108 cm³/mol. The van der Waals surface area contributed by atoms with Gasteiger partial charge in [0.05, 0.1) is 19.2 Å². The summed E-state index contributed by atoms with van der Waals surface area (Å²) in [4.78, 5) is 15.3. The highest BCUT2D eigenvalue weighted by atomic mass is 16.5. The van der Waals surface area contributed by atoms with Crippen LogP contribution in [0.4, 0.5) is 0 Å². The zero-order chi connectivity index (χ0) is 19.5. The molecule has 2 aromatic rings. The van der Waals surface area contributed by atoms with Gasteiger partial charge >= 0.3 is 0 Å². The second kappa shape index (κ2) is 8.35. The van der Waals surface area contributed by atoms with Crippen LogP contribution in [-0.4, -0.2) is 53.9 Å². The number of carbonyl (C=O) groups is 1. The zero-order valence-corrected chi connectivity index (χ0v) is 16.8. The minimum Gasteiger partial charge on any atom is -0.496 e. The van der Waals surface area contributed by atoms with Crippen LogP contribution in [-0.2, 0) is 18.3 Å². The normalized spacial score (nSPS) is 23.1. The Morgan fingerprint density at radius 2 is 2.04 bits per heavy atom. The van der Waals surface area contributed by atoms with Crippen LogP contribution in [0, 0.1) is 11.8 Å². The molecule has 2 atom stereocenters. The first-order valence-electron chi connectivity index (χ1n) is 10.3. The lowest BCUT2D eigenvalue weighted by Gasteiger charge is -2.34. The molecule has 3 heterocycles. The minimum absolute atomic E-state index is 0.0231. The highest BCUT2D eigenvalue weighted by Gasteiger charge is 2.38. The Morgan fingerprint density at radius 3 is 2.75 bits per heavy atom. The van der Waals surface area contributed by atoms with Gasteiger partial charge in [-0.3, -0.25) is 9.48 Å². The first-order valence-corrected chi connectivity index (χ1v) is 10.3. The quantitative estimate of drug-likeness (QED) is 0.861. The van der Waals surface area contributed by atoms with Gasteiger partial charge in [-0.2, -0.15) is 5.10 Å². The zero-order valence-electron chi connectivity index (χ0n) is 16.8. The summed E-state index contributed by atoms with van der Waals surface area (Å²) in [5, 5.41) is 7.69. The molecule has 0 bridgehead atoms. The lowest BCUT2D eigenvalue weighted by Crippen LogP contribution is -2.43. The van der Waals surface area contributed by atoms with Crippen molar-refractivity contribution in [1.82, 2.24) is 20.0 Å². The Kier molecular flexibility index (Phi) is 5.67. The van der Waals surface area contributed by atoms with Gasteiger partial charge in [-0.1, -0.05) is 18.2 Å². The molecule has 2 aliphatic rings. The summed E-state index contributed by atoms with van der Waals surface area (Å²) in [7, 11) is 3.66. The van der Waals surface area contributed by atoms with Crippen LogP contribution in [0.15, 0.2) is 36.7 Å². The molecule has 1 N–H and O–H groups in total. The van der Waals surface area contributed by atoms with Gasteiger partial charge in [0.25, 0.3) is 0 Å². The Hall–Kier alpha value is -2.34. The predicted octanol–water partition coefficient (Wildman–Crippen LogP) is 2.21. The van der Waals surface area contributed by atoms with E-state index >= 15 is 0 Å². The van der Waals surface area contributed by atoms with Crippen LogP contribution in [0.25, 0.3) is 0 Å². The maximum atomic E-state index is 13.2. The lowest BCUT2D eigenvalue weighted by molar-refractivity contribution is -0.136. The number of aryl methyl sites for hydroxylation is 1. The Morgan fingerprint density at radius 1 is 1.25 bits per heavy atom. The number of amides is 1. The Balaban J connectivity index is 1.35. The average Bonchev–Trinajstić information content (AvgIpc) is 3.37. The van der Waals surface area contributed by atoms with E-state index in [1.807, 2.05) is 36.3 Å². The number of nitrogens with one attached hydrogen (secondary N) is 1. The summed E-state index contributed by atoms with van der Waals surface area (Å²) in [6, 6.07) is 8.26. The van der Waals surface area contributed by atoms with Crippen molar-refractivity contribution in [3.05, 3.63) is 47.8 Å². The van der Waals surface area contributed by atoms with Gasteiger partial charge in [-0.25, -0.2) is 0 Å². The maximum absolute atomic E-state index is 13.2. The molecule has 6 heteroatoms. The molecule has 0 aliphatic carbocycles. The average molecular weight is 383 g/mol. The molecule has 0 radical (unpaired) electrons. The summed E-state index contributed by atoms with van der Waals surface area (Å²) in [5.74, 6) is 2.13.